The highest BCUT2D eigenvalue weighted by molar-refractivity contribution is 7.91. The molecule has 0 saturated heterocycles. The van der Waals surface area contributed by atoms with Crippen molar-refractivity contribution in [1.29, 1.82) is 0 Å². The van der Waals surface area contributed by atoms with Gasteiger partial charge in [-0.05, 0) is 42.2 Å². The average molecular weight is 371 g/mol. The summed E-state index contributed by atoms with van der Waals surface area (Å²) in [6.07, 6.45) is 1.11. The molecule has 3 rings (SSSR count). The molecule has 1 atom stereocenters. The lowest BCUT2D eigenvalue weighted by Gasteiger charge is -2.14. The van der Waals surface area contributed by atoms with E-state index in [1.54, 1.807) is 30.3 Å². The molecule has 1 aliphatic heterocycles. The van der Waals surface area contributed by atoms with Gasteiger partial charge in [0.15, 0.2) is 9.76 Å². The van der Waals surface area contributed by atoms with Crippen molar-refractivity contribution < 1.29 is 19.0 Å². The van der Waals surface area contributed by atoms with Gasteiger partial charge in [-0.25, -0.2) is 0 Å². The second-order valence-electron chi connectivity index (χ2n) is 5.82. The number of imide groups is 1. The Hall–Kier alpha value is -2.71. The van der Waals surface area contributed by atoms with Gasteiger partial charge in [-0.3, -0.25) is 14.5 Å². The van der Waals surface area contributed by atoms with Crippen molar-refractivity contribution in [3.05, 3.63) is 64.6 Å². The number of benzene rings is 2. The normalized spacial score (nSPS) is 14.4. The summed E-state index contributed by atoms with van der Waals surface area (Å²) in [5.74, 6) is 4.91. The topological polar surface area (TPSA) is 107 Å². The smallest absolute Gasteiger partial charge is 0.297 e. The van der Waals surface area contributed by atoms with Crippen LogP contribution in [-0.2, 0) is 11.2 Å². The first kappa shape index (κ1) is 18.1. The summed E-state index contributed by atoms with van der Waals surface area (Å²) in [5.41, 5.74) is 1.04. The zero-order valence-electron chi connectivity index (χ0n) is 13.9. The van der Waals surface area contributed by atoms with E-state index in [4.69, 9.17) is 5.84 Å². The molecule has 0 spiro atoms. The molecule has 1 unspecified atom stereocenters. The molecule has 8 heteroatoms. The number of carbonyl (C=O) groups excluding carboxylic acids is 2. The predicted molar refractivity (Wildman–Crippen MR) is 95.1 cm³/mol. The van der Waals surface area contributed by atoms with Gasteiger partial charge in [0.1, 0.15) is 5.75 Å². The predicted octanol–water partition coefficient (Wildman–Crippen LogP) is 1.95. The van der Waals surface area contributed by atoms with Gasteiger partial charge in [-0.1, -0.05) is 12.1 Å². The summed E-state index contributed by atoms with van der Waals surface area (Å²) in [4.78, 5) is 37.5. The van der Waals surface area contributed by atoms with E-state index in [1.807, 2.05) is 0 Å². The highest BCUT2D eigenvalue weighted by Crippen LogP contribution is 2.23. The number of carbonyl (C=O) groups is 2. The van der Waals surface area contributed by atoms with Crippen molar-refractivity contribution in [3.8, 4) is 0 Å². The monoisotopic (exact) mass is 371 g/mol. The van der Waals surface area contributed by atoms with Crippen LogP contribution in [-0.4, -0.2) is 38.4 Å². The molecule has 1 aliphatic rings. The van der Waals surface area contributed by atoms with Gasteiger partial charge in [0, 0.05) is 18.7 Å². The van der Waals surface area contributed by atoms with Crippen LogP contribution in [0.25, 0.3) is 0 Å². The molecule has 133 valence electrons. The molecule has 0 saturated carbocycles. The number of nitrogens with zero attached hydrogens (tertiary/aromatic N) is 2. The summed E-state index contributed by atoms with van der Waals surface area (Å²) in [5, 5.41) is 0. The molecule has 2 N–H and O–H groups in total. The molecular formula is C18H17N3O4S+. The minimum atomic E-state index is -1.31. The van der Waals surface area contributed by atoms with Crippen molar-refractivity contribution in [2.45, 2.75) is 17.7 Å². The second kappa shape index (κ2) is 7.67. The van der Waals surface area contributed by atoms with Gasteiger partial charge in [-0.15, -0.1) is 0 Å². The van der Waals surface area contributed by atoms with E-state index in [9.17, 15) is 19.0 Å². The number of nitrogens with two attached hydrogens (primary N) is 1. The van der Waals surface area contributed by atoms with E-state index in [2.05, 4.69) is 6.07 Å². The molecule has 2 aromatic carbocycles. The second-order valence-corrected chi connectivity index (χ2v) is 7.39. The fraction of sp³-hybridized carbons (Fsp3) is 0.222. The van der Waals surface area contributed by atoms with Gasteiger partial charge in [-0.2, -0.15) is 5.84 Å². The van der Waals surface area contributed by atoms with E-state index >= 15 is 0 Å². The maximum absolute atomic E-state index is 12.3. The lowest BCUT2D eigenvalue weighted by Crippen LogP contribution is -2.30. The first-order valence-electron chi connectivity index (χ1n) is 8.05. The van der Waals surface area contributed by atoms with E-state index < -0.39 is 11.2 Å². The molecule has 1 heterocycles. The Morgan fingerprint density at radius 1 is 1.12 bits per heavy atom. The van der Waals surface area contributed by atoms with Gasteiger partial charge >= 0.3 is 0 Å². The minimum absolute atomic E-state index is 0.182. The number of unbranched alkanes of at least 4 members (excludes halogenated alkanes) is 1. The number of hydrazine groups is 1. The summed E-state index contributed by atoms with van der Waals surface area (Å²) >= 11 is -1.31. The number of rotatable bonds is 7. The largest absolute Gasteiger partial charge is 0.611 e. The maximum atomic E-state index is 12.3. The van der Waals surface area contributed by atoms with Crippen molar-refractivity contribution in [1.82, 2.24) is 4.90 Å². The summed E-state index contributed by atoms with van der Waals surface area (Å²) in [6.45, 7) is 0.285. The van der Waals surface area contributed by atoms with Gasteiger partial charge in [0.2, 0.25) is 0 Å². The third-order valence-corrected chi connectivity index (χ3v) is 5.52. The van der Waals surface area contributed by atoms with Crippen LogP contribution in [0.4, 0.5) is 5.69 Å². The van der Waals surface area contributed by atoms with Crippen LogP contribution in [0.3, 0.4) is 0 Å². The van der Waals surface area contributed by atoms with Crippen LogP contribution in [0.1, 0.15) is 33.6 Å². The fourth-order valence-corrected chi connectivity index (χ4v) is 3.91. The first-order valence-corrected chi connectivity index (χ1v) is 9.37. The Morgan fingerprint density at radius 2 is 1.77 bits per heavy atom. The Morgan fingerprint density at radius 3 is 2.38 bits per heavy atom. The Balaban J connectivity index is 1.52. The standard InChI is InChI=1S/C18H17N3O4S/c19-21(24)13-6-5-7-14(12-13)26(25)11-4-3-10-20-17(22)15-8-1-2-9-16(15)18(20)23/h1-2,6-9,12H,3-4,10-11H2,(H2,19,24)/q+1. The maximum Gasteiger partial charge on any atom is 0.297 e. The van der Waals surface area contributed by atoms with E-state index in [1.165, 1.54) is 17.0 Å². The van der Waals surface area contributed by atoms with Gasteiger partial charge in [0.05, 0.1) is 22.1 Å². The minimum Gasteiger partial charge on any atom is -0.611 e. The molecule has 26 heavy (non-hydrogen) atoms. The zero-order valence-corrected chi connectivity index (χ0v) is 14.7. The first-order chi connectivity index (χ1) is 12.5. The quantitative estimate of drug-likeness (QED) is 0.200. The van der Waals surface area contributed by atoms with Crippen LogP contribution in [0.5, 0.6) is 0 Å². The van der Waals surface area contributed by atoms with Crippen molar-refractivity contribution in [3.63, 3.8) is 0 Å². The lowest BCUT2D eigenvalue weighted by atomic mass is 10.1. The number of amides is 2. The summed E-state index contributed by atoms with van der Waals surface area (Å²) < 4.78 is 12.3. The Kier molecular flexibility index (Phi) is 5.34. The molecule has 7 nitrogen and oxygen atoms in total. The Bertz CT molecular complexity index is 836. The van der Waals surface area contributed by atoms with Crippen LogP contribution >= 0.6 is 0 Å². The van der Waals surface area contributed by atoms with E-state index in [-0.39, 0.29) is 28.9 Å². The van der Waals surface area contributed by atoms with Crippen molar-refractivity contribution in [2.24, 2.45) is 5.84 Å². The SMILES string of the molecule is N[N+](=O)c1c[c]cc([S+]([O-])CCCCN2C(=O)c3ccccc3C2=O)c1. The van der Waals surface area contributed by atoms with Crippen molar-refractivity contribution in [2.75, 3.05) is 12.3 Å². The summed E-state index contributed by atoms with van der Waals surface area (Å²) in [6, 6.07) is 13.9. The molecule has 2 aromatic rings. The lowest BCUT2D eigenvalue weighted by molar-refractivity contribution is -0.474. The Labute approximate surface area is 153 Å². The van der Waals surface area contributed by atoms with E-state index in [0.29, 0.717) is 34.6 Å². The van der Waals surface area contributed by atoms with Crippen LogP contribution in [0.15, 0.2) is 47.4 Å². The molecule has 0 fully saturated rings. The highest BCUT2D eigenvalue weighted by Gasteiger charge is 2.34. The van der Waals surface area contributed by atoms with Crippen LogP contribution < -0.4 is 5.84 Å². The number of hydrogen-bond donors (Lipinski definition) is 1. The third kappa shape index (κ3) is 3.61. The fourth-order valence-electron chi connectivity index (χ4n) is 2.76. The molecule has 0 bridgehead atoms. The van der Waals surface area contributed by atoms with E-state index in [0.717, 1.165) is 0 Å². The highest BCUT2D eigenvalue weighted by atomic mass is 32.2. The molecule has 2 amide bonds. The van der Waals surface area contributed by atoms with Crippen molar-refractivity contribution >= 4 is 28.7 Å². The van der Waals surface area contributed by atoms with Crippen LogP contribution in [0, 0.1) is 11.0 Å². The number of nitroso groups, excluding NO2 is 1. The molecule has 0 aromatic heterocycles. The molecule has 1 radical (unpaired) electrons. The number of hydrogen-bond acceptors (Lipinski definition) is 4. The number of fused-ring (bicyclic) bond motifs is 1. The van der Waals surface area contributed by atoms with Crippen LogP contribution in [0.2, 0.25) is 0 Å². The summed E-state index contributed by atoms with van der Waals surface area (Å²) in [7, 11) is 0. The molecular weight excluding hydrogens is 354 g/mol. The third-order valence-electron chi connectivity index (χ3n) is 4.10. The van der Waals surface area contributed by atoms with Gasteiger partial charge < -0.3 is 4.55 Å². The average Bonchev–Trinajstić information content (AvgIpc) is 2.90. The molecule has 0 aliphatic carbocycles. The zero-order chi connectivity index (χ0) is 18.7. The van der Waals surface area contributed by atoms with Gasteiger partial charge in [0.25, 0.3) is 17.5 Å².